The lowest BCUT2D eigenvalue weighted by Gasteiger charge is -2.17. The molecule has 0 aromatic carbocycles. The van der Waals surface area contributed by atoms with Crippen molar-refractivity contribution in [2.45, 2.75) is 27.7 Å². The lowest BCUT2D eigenvalue weighted by atomic mass is 10.2. The van der Waals surface area contributed by atoms with Gasteiger partial charge in [-0.2, -0.15) is 0 Å². The second-order valence-corrected chi connectivity index (χ2v) is 6.97. The lowest BCUT2D eigenvalue weighted by Crippen LogP contribution is -2.30. The molecule has 0 unspecified atom stereocenters. The maximum Gasteiger partial charge on any atom is 0.261 e. The Morgan fingerprint density at radius 1 is 1.30 bits per heavy atom. The molecule has 0 bridgehead atoms. The van der Waals surface area contributed by atoms with Crippen molar-refractivity contribution in [1.82, 2.24) is 14.5 Å². The first-order chi connectivity index (χ1) is 11.0. The fourth-order valence-electron chi connectivity index (χ4n) is 2.58. The van der Waals surface area contributed by atoms with Gasteiger partial charge in [-0.15, -0.1) is 22.7 Å². The summed E-state index contributed by atoms with van der Waals surface area (Å²) in [6.45, 7) is 8.45. The molecule has 3 heterocycles. The summed E-state index contributed by atoms with van der Waals surface area (Å²) < 4.78 is 2.03. The third-order valence-corrected chi connectivity index (χ3v) is 5.41. The predicted molar refractivity (Wildman–Crippen MR) is 95.1 cm³/mol. The summed E-state index contributed by atoms with van der Waals surface area (Å²) in [7, 11) is 0. The molecule has 0 atom stereocenters. The van der Waals surface area contributed by atoms with E-state index < -0.39 is 0 Å². The third-order valence-electron chi connectivity index (χ3n) is 3.67. The Morgan fingerprint density at radius 3 is 2.65 bits per heavy atom. The Labute approximate surface area is 143 Å². The van der Waals surface area contributed by atoms with Gasteiger partial charge >= 0.3 is 0 Å². The van der Waals surface area contributed by atoms with E-state index in [0.29, 0.717) is 12.1 Å². The van der Waals surface area contributed by atoms with Crippen LogP contribution in [0.2, 0.25) is 0 Å². The van der Waals surface area contributed by atoms with E-state index in [9.17, 15) is 4.79 Å². The molecule has 0 saturated carbocycles. The van der Waals surface area contributed by atoms with E-state index in [1.54, 1.807) is 22.4 Å². The van der Waals surface area contributed by atoms with Gasteiger partial charge in [0.2, 0.25) is 0 Å². The molecule has 0 spiro atoms. The summed E-state index contributed by atoms with van der Waals surface area (Å²) in [6.07, 6.45) is 1.77. The van der Waals surface area contributed by atoms with Crippen LogP contribution in [-0.2, 0) is 0 Å². The van der Waals surface area contributed by atoms with Crippen LogP contribution >= 0.6 is 22.7 Å². The van der Waals surface area contributed by atoms with Gasteiger partial charge in [0, 0.05) is 34.9 Å². The quantitative estimate of drug-likeness (QED) is 0.718. The van der Waals surface area contributed by atoms with Crippen LogP contribution in [0.3, 0.4) is 0 Å². The number of carbonyl (C=O) groups excluding carboxylic acids is 1. The number of amides is 1. The van der Waals surface area contributed by atoms with Crippen LogP contribution in [0.4, 0.5) is 5.13 Å². The van der Waals surface area contributed by atoms with Gasteiger partial charge in [-0.1, -0.05) is 0 Å². The number of thiazole rings is 2. The van der Waals surface area contributed by atoms with Crippen LogP contribution in [0.25, 0.3) is 5.13 Å². The van der Waals surface area contributed by atoms with Crippen LogP contribution in [0.15, 0.2) is 23.0 Å². The molecule has 5 nitrogen and oxygen atoms in total. The number of anilines is 1. The van der Waals surface area contributed by atoms with Crippen LogP contribution < -0.4 is 4.90 Å². The van der Waals surface area contributed by atoms with Crippen molar-refractivity contribution in [2.75, 3.05) is 11.4 Å². The minimum Gasteiger partial charge on any atom is -0.294 e. The molecule has 7 heteroatoms. The fourth-order valence-corrected chi connectivity index (χ4v) is 4.19. The van der Waals surface area contributed by atoms with Crippen molar-refractivity contribution in [3.63, 3.8) is 0 Å². The molecule has 0 saturated heterocycles. The smallest absolute Gasteiger partial charge is 0.261 e. The SMILES string of the molecule is CCN(C(=O)c1cc(C)n(-c2nccs2)c1C)c1nc(C)cs1. The van der Waals surface area contributed by atoms with E-state index >= 15 is 0 Å². The van der Waals surface area contributed by atoms with E-state index in [-0.39, 0.29) is 5.91 Å². The van der Waals surface area contributed by atoms with Crippen molar-refractivity contribution < 1.29 is 4.79 Å². The van der Waals surface area contributed by atoms with Crippen LogP contribution in [0.5, 0.6) is 0 Å². The zero-order valence-corrected chi connectivity index (χ0v) is 15.2. The Kier molecular flexibility index (Phi) is 4.32. The highest BCUT2D eigenvalue weighted by molar-refractivity contribution is 7.14. The summed E-state index contributed by atoms with van der Waals surface area (Å²) >= 11 is 3.06. The van der Waals surface area contributed by atoms with E-state index in [1.165, 1.54) is 11.3 Å². The molecule has 0 N–H and O–H groups in total. The molecule has 1 amide bonds. The van der Waals surface area contributed by atoms with Gasteiger partial charge in [0.15, 0.2) is 10.3 Å². The highest BCUT2D eigenvalue weighted by Gasteiger charge is 2.24. The van der Waals surface area contributed by atoms with E-state index in [0.717, 1.165) is 27.3 Å². The number of hydrogen-bond acceptors (Lipinski definition) is 5. The summed E-state index contributed by atoms with van der Waals surface area (Å²) in [5, 5.41) is 5.53. The largest absolute Gasteiger partial charge is 0.294 e. The number of carbonyl (C=O) groups is 1. The molecule has 0 fully saturated rings. The Morgan fingerprint density at radius 2 is 2.09 bits per heavy atom. The summed E-state index contributed by atoms with van der Waals surface area (Å²) in [5.74, 6) is -0.0160. The molecule has 0 aliphatic carbocycles. The fraction of sp³-hybridized carbons (Fsp3) is 0.312. The summed E-state index contributed by atoms with van der Waals surface area (Å²) in [4.78, 5) is 23.5. The van der Waals surface area contributed by atoms with Gasteiger partial charge in [0.25, 0.3) is 5.91 Å². The van der Waals surface area contributed by atoms with Gasteiger partial charge in [-0.05, 0) is 33.8 Å². The molecule has 0 radical (unpaired) electrons. The van der Waals surface area contributed by atoms with Crippen LogP contribution in [0.1, 0.15) is 34.4 Å². The number of aromatic nitrogens is 3. The number of nitrogens with zero attached hydrogens (tertiary/aromatic N) is 4. The van der Waals surface area contributed by atoms with Crippen molar-refractivity contribution in [2.24, 2.45) is 0 Å². The lowest BCUT2D eigenvalue weighted by molar-refractivity contribution is 0.0987. The first-order valence-electron chi connectivity index (χ1n) is 7.35. The number of aryl methyl sites for hydroxylation is 2. The van der Waals surface area contributed by atoms with Crippen molar-refractivity contribution >= 4 is 33.7 Å². The average Bonchev–Trinajstić information content (AvgIpc) is 3.22. The summed E-state index contributed by atoms with van der Waals surface area (Å²) in [5.41, 5.74) is 3.55. The van der Waals surface area contributed by atoms with Gasteiger partial charge in [-0.3, -0.25) is 14.3 Å². The number of hydrogen-bond donors (Lipinski definition) is 0. The second kappa shape index (κ2) is 6.25. The van der Waals surface area contributed by atoms with Gasteiger partial charge in [0.1, 0.15) is 0 Å². The van der Waals surface area contributed by atoms with E-state index in [2.05, 4.69) is 9.97 Å². The van der Waals surface area contributed by atoms with E-state index in [4.69, 9.17) is 0 Å². The Hall–Kier alpha value is -1.99. The topological polar surface area (TPSA) is 51.0 Å². The minimum absolute atomic E-state index is 0.0160. The highest BCUT2D eigenvalue weighted by atomic mass is 32.1. The first kappa shape index (κ1) is 15.9. The molecule has 0 aliphatic heterocycles. The summed E-state index contributed by atoms with van der Waals surface area (Å²) in [6, 6.07) is 1.93. The maximum atomic E-state index is 13.0. The third kappa shape index (κ3) is 2.82. The van der Waals surface area contributed by atoms with Gasteiger partial charge in [-0.25, -0.2) is 9.97 Å². The first-order valence-corrected chi connectivity index (χ1v) is 9.11. The molecule has 3 rings (SSSR count). The monoisotopic (exact) mass is 346 g/mol. The van der Waals surface area contributed by atoms with Crippen molar-refractivity contribution in [1.29, 1.82) is 0 Å². The molecular formula is C16H18N4OS2. The molecule has 3 aromatic rings. The predicted octanol–water partition coefficient (Wildman–Crippen LogP) is 3.98. The molecule has 120 valence electrons. The Balaban J connectivity index is 2.01. The van der Waals surface area contributed by atoms with Crippen LogP contribution in [0, 0.1) is 20.8 Å². The second-order valence-electron chi connectivity index (χ2n) is 5.26. The zero-order chi connectivity index (χ0) is 16.6. The normalized spacial score (nSPS) is 11.0. The molecule has 0 aliphatic rings. The molecule has 23 heavy (non-hydrogen) atoms. The molecule has 3 aromatic heterocycles. The van der Waals surface area contributed by atoms with Crippen molar-refractivity contribution in [3.8, 4) is 5.13 Å². The van der Waals surface area contributed by atoms with Gasteiger partial charge in [0.05, 0.1) is 11.3 Å². The van der Waals surface area contributed by atoms with E-state index in [1.807, 2.05) is 49.1 Å². The minimum atomic E-state index is -0.0160. The Bertz CT molecular complexity index is 833. The average molecular weight is 346 g/mol. The molecular weight excluding hydrogens is 328 g/mol. The standard InChI is InChI=1S/C16H18N4OS2/c1-5-19(16-18-10(2)9-23-16)14(21)13-8-11(3)20(12(13)4)15-17-6-7-22-15/h6-9H,5H2,1-4H3. The maximum absolute atomic E-state index is 13.0. The van der Waals surface area contributed by atoms with Crippen LogP contribution in [-0.4, -0.2) is 27.0 Å². The zero-order valence-electron chi connectivity index (χ0n) is 13.5. The highest BCUT2D eigenvalue weighted by Crippen LogP contribution is 2.26. The van der Waals surface area contributed by atoms with Gasteiger partial charge < -0.3 is 0 Å². The number of rotatable bonds is 4. The van der Waals surface area contributed by atoms with Crippen molar-refractivity contribution in [3.05, 3.63) is 45.7 Å².